The highest BCUT2D eigenvalue weighted by Gasteiger charge is 2.19. The van der Waals surface area contributed by atoms with E-state index in [-0.39, 0.29) is 5.41 Å². The van der Waals surface area contributed by atoms with Crippen LogP contribution in [0.2, 0.25) is 0 Å². The summed E-state index contributed by atoms with van der Waals surface area (Å²) in [5.74, 6) is 0. The number of hydrogen-bond donors (Lipinski definition) is 0. The smallest absolute Gasteiger partial charge is 0.188 e. The molecule has 0 atom stereocenters. The van der Waals surface area contributed by atoms with Crippen LogP contribution in [0.3, 0.4) is 0 Å². The SMILES string of the molecule is CC(C)(C)c1ccnc2cnoc12. The van der Waals surface area contributed by atoms with Crippen molar-refractivity contribution in [3.05, 3.63) is 24.0 Å². The van der Waals surface area contributed by atoms with E-state index in [1.807, 2.05) is 6.07 Å². The van der Waals surface area contributed by atoms with E-state index in [2.05, 4.69) is 30.9 Å². The van der Waals surface area contributed by atoms with Crippen LogP contribution in [0.15, 0.2) is 23.0 Å². The van der Waals surface area contributed by atoms with Crippen LogP contribution in [0, 0.1) is 0 Å². The molecule has 2 heterocycles. The largest absolute Gasteiger partial charge is 0.354 e. The first-order valence-electron chi connectivity index (χ1n) is 4.29. The normalized spacial score (nSPS) is 12.2. The summed E-state index contributed by atoms with van der Waals surface area (Å²) in [5.41, 5.74) is 2.85. The van der Waals surface area contributed by atoms with Crippen LogP contribution in [0.4, 0.5) is 0 Å². The summed E-state index contributed by atoms with van der Waals surface area (Å²) in [7, 11) is 0. The lowest BCUT2D eigenvalue weighted by molar-refractivity contribution is 0.446. The molecule has 0 aliphatic heterocycles. The zero-order chi connectivity index (χ0) is 9.47. The molecule has 0 N–H and O–H groups in total. The lowest BCUT2D eigenvalue weighted by atomic mass is 9.87. The first-order valence-corrected chi connectivity index (χ1v) is 4.29. The molecule has 0 unspecified atom stereocenters. The van der Waals surface area contributed by atoms with Crippen molar-refractivity contribution in [1.29, 1.82) is 0 Å². The van der Waals surface area contributed by atoms with Crippen molar-refractivity contribution in [1.82, 2.24) is 10.1 Å². The van der Waals surface area contributed by atoms with Gasteiger partial charge in [-0.3, -0.25) is 4.98 Å². The Morgan fingerprint density at radius 1 is 1.31 bits per heavy atom. The molecule has 0 fully saturated rings. The molecule has 0 radical (unpaired) electrons. The summed E-state index contributed by atoms with van der Waals surface area (Å²) in [6.07, 6.45) is 3.44. The number of nitrogens with zero attached hydrogens (tertiary/aromatic N) is 2. The van der Waals surface area contributed by atoms with Crippen LogP contribution < -0.4 is 0 Å². The molecule has 0 aliphatic rings. The zero-order valence-electron chi connectivity index (χ0n) is 8.03. The molecule has 2 aromatic heterocycles. The first-order chi connectivity index (χ1) is 6.09. The van der Waals surface area contributed by atoms with Gasteiger partial charge in [0.05, 0.1) is 6.20 Å². The maximum Gasteiger partial charge on any atom is 0.188 e. The van der Waals surface area contributed by atoms with E-state index in [9.17, 15) is 0 Å². The number of pyridine rings is 1. The van der Waals surface area contributed by atoms with Gasteiger partial charge in [-0.1, -0.05) is 25.9 Å². The molecule has 0 aliphatic carbocycles. The van der Waals surface area contributed by atoms with Gasteiger partial charge in [0.15, 0.2) is 5.58 Å². The third-order valence-corrected chi connectivity index (χ3v) is 2.06. The standard InChI is InChI=1S/C10H12N2O/c1-10(2,3)7-4-5-11-8-6-12-13-9(7)8/h4-6H,1-3H3. The van der Waals surface area contributed by atoms with Crippen LogP contribution >= 0.6 is 0 Å². The van der Waals surface area contributed by atoms with Gasteiger partial charge in [-0.2, -0.15) is 0 Å². The molecule has 0 bridgehead atoms. The summed E-state index contributed by atoms with van der Waals surface area (Å²) in [6, 6.07) is 1.98. The Kier molecular flexibility index (Phi) is 1.62. The minimum atomic E-state index is 0.0702. The Hall–Kier alpha value is -1.38. The van der Waals surface area contributed by atoms with Crippen LogP contribution in [0.25, 0.3) is 11.1 Å². The van der Waals surface area contributed by atoms with E-state index in [0.29, 0.717) is 0 Å². The van der Waals surface area contributed by atoms with Crippen LogP contribution in [0.1, 0.15) is 26.3 Å². The van der Waals surface area contributed by atoms with Crippen molar-refractivity contribution < 1.29 is 4.52 Å². The van der Waals surface area contributed by atoms with Crippen LogP contribution in [-0.4, -0.2) is 10.1 Å². The monoisotopic (exact) mass is 176 g/mol. The third-order valence-electron chi connectivity index (χ3n) is 2.06. The van der Waals surface area contributed by atoms with Gasteiger partial charge in [0, 0.05) is 11.8 Å². The summed E-state index contributed by atoms with van der Waals surface area (Å²) >= 11 is 0. The Balaban J connectivity index is 2.75. The van der Waals surface area contributed by atoms with Gasteiger partial charge in [0.2, 0.25) is 0 Å². The highest BCUT2D eigenvalue weighted by atomic mass is 16.5. The van der Waals surface area contributed by atoms with Gasteiger partial charge in [-0.25, -0.2) is 0 Å². The lowest BCUT2D eigenvalue weighted by Crippen LogP contribution is -2.11. The highest BCUT2D eigenvalue weighted by molar-refractivity contribution is 5.75. The van der Waals surface area contributed by atoms with Crippen LogP contribution in [0.5, 0.6) is 0 Å². The van der Waals surface area contributed by atoms with E-state index >= 15 is 0 Å². The predicted octanol–water partition coefficient (Wildman–Crippen LogP) is 2.52. The maximum atomic E-state index is 5.16. The van der Waals surface area contributed by atoms with Gasteiger partial charge >= 0.3 is 0 Å². The van der Waals surface area contributed by atoms with E-state index in [1.165, 1.54) is 0 Å². The Morgan fingerprint density at radius 2 is 2.08 bits per heavy atom. The molecule has 0 amide bonds. The average Bonchev–Trinajstić information content (AvgIpc) is 2.48. The van der Waals surface area contributed by atoms with Gasteiger partial charge in [0.1, 0.15) is 5.52 Å². The minimum absolute atomic E-state index is 0.0702. The van der Waals surface area contributed by atoms with Gasteiger partial charge in [0.25, 0.3) is 0 Å². The van der Waals surface area contributed by atoms with E-state index in [0.717, 1.165) is 16.7 Å². The zero-order valence-corrected chi connectivity index (χ0v) is 8.03. The number of hydrogen-bond acceptors (Lipinski definition) is 3. The van der Waals surface area contributed by atoms with Crippen molar-refractivity contribution in [3.8, 4) is 0 Å². The fourth-order valence-electron chi connectivity index (χ4n) is 1.37. The van der Waals surface area contributed by atoms with Crippen LogP contribution in [-0.2, 0) is 5.41 Å². The molecule has 2 aromatic rings. The molecule has 3 nitrogen and oxygen atoms in total. The molecule has 2 rings (SSSR count). The second-order valence-corrected chi connectivity index (χ2v) is 4.15. The summed E-state index contributed by atoms with van der Waals surface area (Å²) in [6.45, 7) is 6.43. The summed E-state index contributed by atoms with van der Waals surface area (Å²) < 4.78 is 5.16. The molecule has 0 aromatic carbocycles. The minimum Gasteiger partial charge on any atom is -0.354 e. The third kappa shape index (κ3) is 1.30. The lowest BCUT2D eigenvalue weighted by Gasteiger charge is -2.17. The van der Waals surface area contributed by atoms with Gasteiger partial charge in [-0.15, -0.1) is 0 Å². The molecular weight excluding hydrogens is 164 g/mol. The van der Waals surface area contributed by atoms with E-state index in [1.54, 1.807) is 12.4 Å². The molecule has 0 saturated carbocycles. The van der Waals surface area contributed by atoms with Crippen molar-refractivity contribution in [3.63, 3.8) is 0 Å². The number of rotatable bonds is 0. The number of aromatic nitrogens is 2. The second kappa shape index (κ2) is 2.55. The van der Waals surface area contributed by atoms with Crippen molar-refractivity contribution in [2.45, 2.75) is 26.2 Å². The molecule has 0 saturated heterocycles. The molecule has 13 heavy (non-hydrogen) atoms. The molecule has 68 valence electrons. The molecule has 3 heteroatoms. The Bertz CT molecular complexity index is 426. The fourth-order valence-corrected chi connectivity index (χ4v) is 1.37. The van der Waals surface area contributed by atoms with E-state index in [4.69, 9.17) is 4.52 Å². The second-order valence-electron chi connectivity index (χ2n) is 4.15. The molecular formula is C10H12N2O. The topological polar surface area (TPSA) is 38.9 Å². The quantitative estimate of drug-likeness (QED) is 0.619. The average molecular weight is 176 g/mol. The fraction of sp³-hybridized carbons (Fsp3) is 0.400. The van der Waals surface area contributed by atoms with E-state index < -0.39 is 0 Å². The Morgan fingerprint density at radius 3 is 2.77 bits per heavy atom. The van der Waals surface area contributed by atoms with Crippen molar-refractivity contribution in [2.75, 3.05) is 0 Å². The van der Waals surface area contributed by atoms with Crippen molar-refractivity contribution in [2.24, 2.45) is 0 Å². The number of fused-ring (bicyclic) bond motifs is 1. The molecule has 0 spiro atoms. The Labute approximate surface area is 76.8 Å². The summed E-state index contributed by atoms with van der Waals surface area (Å²) in [4.78, 5) is 4.16. The maximum absolute atomic E-state index is 5.16. The summed E-state index contributed by atoms with van der Waals surface area (Å²) in [5, 5.41) is 3.74. The van der Waals surface area contributed by atoms with Gasteiger partial charge in [-0.05, 0) is 11.5 Å². The predicted molar refractivity (Wildman–Crippen MR) is 50.5 cm³/mol. The van der Waals surface area contributed by atoms with Gasteiger partial charge < -0.3 is 4.52 Å². The highest BCUT2D eigenvalue weighted by Crippen LogP contribution is 2.28. The first kappa shape index (κ1) is 8.23. The van der Waals surface area contributed by atoms with Crippen molar-refractivity contribution >= 4 is 11.1 Å².